The molecule has 3 N–H and O–H groups in total. The number of aryl methyl sites for hydroxylation is 1. The van der Waals surface area contributed by atoms with Crippen LogP contribution in [0.25, 0.3) is 0 Å². The van der Waals surface area contributed by atoms with E-state index in [4.69, 9.17) is 0 Å². The summed E-state index contributed by atoms with van der Waals surface area (Å²) in [5.74, 6) is 2.02. The van der Waals surface area contributed by atoms with Crippen molar-refractivity contribution >= 4 is 39.0 Å². The average Bonchev–Trinajstić information content (AvgIpc) is 3.03. The van der Waals surface area contributed by atoms with Crippen LogP contribution >= 0.6 is 39.0 Å². The van der Waals surface area contributed by atoms with E-state index >= 15 is 0 Å². The van der Waals surface area contributed by atoms with Crippen LogP contribution in [0.1, 0.15) is 27.0 Å². The largest absolute Gasteiger partial charge is 0.387 e. The number of aliphatic hydroxyl groups excluding tert-OH is 1. The number of benzene rings is 1. The van der Waals surface area contributed by atoms with Crippen LogP contribution in [0.15, 0.2) is 46.8 Å². The molecule has 1 atom stereocenters. The van der Waals surface area contributed by atoms with Crippen molar-refractivity contribution in [2.75, 3.05) is 32.9 Å². The third-order valence-electron chi connectivity index (χ3n) is 4.29. The summed E-state index contributed by atoms with van der Waals surface area (Å²) in [4.78, 5) is 15.3. The average molecular weight is 530 g/mol. The standard InChI is InChI=1S/C21H29BrN4O3S2/c1-15-9-18(31-20(15)12-25(2)3)14-30-8-7-23-21(13-26(28)29)24-11-19(27)16-5-4-6-17(22)10-16/h4-6,9-10,13,19,23-24,27H,7-8,11-12,14H2,1-3H3. The van der Waals surface area contributed by atoms with Crippen LogP contribution in [0.5, 0.6) is 0 Å². The molecule has 2 aromatic rings. The molecule has 31 heavy (non-hydrogen) atoms. The van der Waals surface area contributed by atoms with Crippen molar-refractivity contribution in [3.8, 4) is 0 Å². The zero-order valence-corrected chi connectivity index (χ0v) is 21.1. The molecule has 10 heteroatoms. The van der Waals surface area contributed by atoms with Crippen molar-refractivity contribution in [3.05, 3.63) is 77.8 Å². The Morgan fingerprint density at radius 1 is 1.39 bits per heavy atom. The predicted octanol–water partition coefficient (Wildman–Crippen LogP) is 4.10. The lowest BCUT2D eigenvalue weighted by Gasteiger charge is -2.15. The second-order valence-corrected chi connectivity index (χ2v) is 10.6. The molecule has 0 bridgehead atoms. The van der Waals surface area contributed by atoms with E-state index in [0.29, 0.717) is 12.4 Å². The van der Waals surface area contributed by atoms with Crippen LogP contribution in [-0.2, 0) is 12.3 Å². The molecule has 0 saturated heterocycles. The highest BCUT2D eigenvalue weighted by Gasteiger charge is 2.11. The molecule has 0 amide bonds. The second kappa shape index (κ2) is 13.1. The van der Waals surface area contributed by atoms with Gasteiger partial charge in [0.25, 0.3) is 6.20 Å². The molecule has 1 heterocycles. The number of halogens is 1. The van der Waals surface area contributed by atoms with E-state index in [2.05, 4.69) is 58.5 Å². The summed E-state index contributed by atoms with van der Waals surface area (Å²) in [5, 5.41) is 27.3. The Bertz CT molecular complexity index is 889. The summed E-state index contributed by atoms with van der Waals surface area (Å²) in [7, 11) is 4.14. The van der Waals surface area contributed by atoms with E-state index in [1.165, 1.54) is 15.3 Å². The van der Waals surface area contributed by atoms with E-state index in [1.807, 2.05) is 35.6 Å². The fourth-order valence-electron chi connectivity index (χ4n) is 2.83. The molecule has 0 fully saturated rings. The van der Waals surface area contributed by atoms with Crippen molar-refractivity contribution in [2.24, 2.45) is 0 Å². The zero-order chi connectivity index (χ0) is 22.8. The number of thioether (sulfide) groups is 1. The van der Waals surface area contributed by atoms with Crippen LogP contribution in [0.3, 0.4) is 0 Å². The third-order valence-corrected chi connectivity index (χ3v) is 7.20. The van der Waals surface area contributed by atoms with Gasteiger partial charge >= 0.3 is 0 Å². The lowest BCUT2D eigenvalue weighted by atomic mass is 10.1. The molecule has 170 valence electrons. The molecule has 0 aliphatic rings. The summed E-state index contributed by atoms with van der Waals surface area (Å²) < 4.78 is 0.870. The summed E-state index contributed by atoms with van der Waals surface area (Å²) in [5.41, 5.74) is 2.06. The zero-order valence-electron chi connectivity index (χ0n) is 17.9. The Morgan fingerprint density at radius 3 is 2.84 bits per heavy atom. The van der Waals surface area contributed by atoms with Gasteiger partial charge in [0, 0.05) is 45.4 Å². The smallest absolute Gasteiger partial charge is 0.274 e. The minimum absolute atomic E-state index is 0.166. The normalized spacial score (nSPS) is 12.8. The van der Waals surface area contributed by atoms with Crippen LogP contribution in [0, 0.1) is 17.0 Å². The van der Waals surface area contributed by atoms with Gasteiger partial charge in [-0.2, -0.15) is 11.8 Å². The molecule has 0 saturated carbocycles. The third kappa shape index (κ3) is 9.61. The molecule has 1 aromatic heterocycles. The van der Waals surface area contributed by atoms with Crippen molar-refractivity contribution in [1.29, 1.82) is 0 Å². The Kier molecular flexibility index (Phi) is 10.8. The molecule has 0 spiro atoms. The first-order valence-electron chi connectivity index (χ1n) is 9.82. The van der Waals surface area contributed by atoms with E-state index in [9.17, 15) is 15.2 Å². The summed E-state index contributed by atoms with van der Waals surface area (Å²) in [6, 6.07) is 9.59. The van der Waals surface area contributed by atoms with Gasteiger partial charge in [0.2, 0.25) is 0 Å². The second-order valence-electron chi connectivity index (χ2n) is 7.32. The van der Waals surface area contributed by atoms with Gasteiger partial charge in [0.15, 0.2) is 5.82 Å². The number of nitrogens with zero attached hydrogens (tertiary/aromatic N) is 2. The Morgan fingerprint density at radius 2 is 2.16 bits per heavy atom. The number of hydrogen-bond acceptors (Lipinski definition) is 8. The SMILES string of the molecule is Cc1cc(CSCCNC(=C[N+](=O)[O-])NCC(O)c2cccc(Br)c2)sc1CN(C)C. The predicted molar refractivity (Wildman–Crippen MR) is 133 cm³/mol. The van der Waals surface area contributed by atoms with E-state index in [1.54, 1.807) is 11.8 Å². The number of nitrogens with one attached hydrogen (secondary N) is 2. The van der Waals surface area contributed by atoms with Crippen LogP contribution in [-0.4, -0.2) is 47.9 Å². The van der Waals surface area contributed by atoms with E-state index in [0.717, 1.165) is 34.3 Å². The van der Waals surface area contributed by atoms with Crippen molar-refractivity contribution in [3.63, 3.8) is 0 Å². The van der Waals surface area contributed by atoms with E-state index < -0.39 is 11.0 Å². The van der Waals surface area contributed by atoms with Gasteiger partial charge in [-0.05, 0) is 50.3 Å². The molecule has 1 aromatic carbocycles. The molecule has 2 rings (SSSR count). The van der Waals surface area contributed by atoms with Gasteiger partial charge in [0.1, 0.15) is 0 Å². The number of rotatable bonds is 13. The Balaban J connectivity index is 1.77. The van der Waals surface area contributed by atoms with E-state index in [-0.39, 0.29) is 6.54 Å². The first-order chi connectivity index (χ1) is 14.7. The van der Waals surface area contributed by atoms with Crippen molar-refractivity contribution in [1.82, 2.24) is 15.5 Å². The van der Waals surface area contributed by atoms with Gasteiger partial charge in [-0.3, -0.25) is 10.1 Å². The molecular weight excluding hydrogens is 500 g/mol. The summed E-state index contributed by atoms with van der Waals surface area (Å²) in [6.45, 7) is 3.85. The highest BCUT2D eigenvalue weighted by Crippen LogP contribution is 2.26. The van der Waals surface area contributed by atoms with Gasteiger partial charge in [-0.25, -0.2) is 0 Å². The Hall–Kier alpha value is -1.59. The fourth-order valence-corrected chi connectivity index (χ4v) is 5.51. The quantitative estimate of drug-likeness (QED) is 0.205. The molecular formula is C21H29BrN4O3S2. The highest BCUT2D eigenvalue weighted by atomic mass is 79.9. The summed E-state index contributed by atoms with van der Waals surface area (Å²) >= 11 is 7.01. The minimum Gasteiger partial charge on any atom is -0.387 e. The first kappa shape index (κ1) is 25.7. The number of nitro groups is 1. The topological polar surface area (TPSA) is 90.7 Å². The first-order valence-corrected chi connectivity index (χ1v) is 12.6. The molecule has 0 aliphatic carbocycles. The van der Waals surface area contributed by atoms with Gasteiger partial charge < -0.3 is 20.6 Å². The highest BCUT2D eigenvalue weighted by molar-refractivity contribution is 9.10. The maximum atomic E-state index is 10.9. The number of aliphatic hydroxyl groups is 1. The van der Waals surface area contributed by atoms with Crippen molar-refractivity contribution < 1.29 is 10.0 Å². The molecule has 0 radical (unpaired) electrons. The summed E-state index contributed by atoms with van der Waals surface area (Å²) in [6.07, 6.45) is 0.122. The molecule has 0 aliphatic heterocycles. The monoisotopic (exact) mass is 528 g/mol. The lowest BCUT2D eigenvalue weighted by molar-refractivity contribution is -0.404. The maximum Gasteiger partial charge on any atom is 0.274 e. The number of hydrogen-bond donors (Lipinski definition) is 3. The van der Waals surface area contributed by atoms with Gasteiger partial charge in [-0.15, -0.1) is 11.3 Å². The van der Waals surface area contributed by atoms with Crippen LogP contribution in [0.2, 0.25) is 0 Å². The van der Waals surface area contributed by atoms with Crippen molar-refractivity contribution in [2.45, 2.75) is 25.3 Å². The lowest BCUT2D eigenvalue weighted by Crippen LogP contribution is -2.31. The van der Waals surface area contributed by atoms with Gasteiger partial charge in [-0.1, -0.05) is 28.1 Å². The number of thiophene rings is 1. The van der Waals surface area contributed by atoms with Gasteiger partial charge in [0.05, 0.1) is 11.0 Å². The van der Waals surface area contributed by atoms with Crippen LogP contribution in [0.4, 0.5) is 0 Å². The van der Waals surface area contributed by atoms with Crippen LogP contribution < -0.4 is 10.6 Å². The molecule has 1 unspecified atom stereocenters. The minimum atomic E-state index is -0.776. The maximum absolute atomic E-state index is 10.9. The fraction of sp³-hybridized carbons (Fsp3) is 0.429. The molecule has 7 nitrogen and oxygen atoms in total. The Labute approximate surface area is 200 Å².